The third-order valence-corrected chi connectivity index (χ3v) is 4.60. The van der Waals surface area contributed by atoms with Gasteiger partial charge in [0.1, 0.15) is 0 Å². The van der Waals surface area contributed by atoms with E-state index in [0.29, 0.717) is 12.6 Å². The number of nitrogens with one attached hydrogen (secondary N) is 2. The molecule has 0 aromatic carbocycles. The maximum absolute atomic E-state index is 11.8. The highest BCUT2D eigenvalue weighted by molar-refractivity contribution is 5.85. The lowest BCUT2D eigenvalue weighted by atomic mass is 9.97. The Labute approximate surface area is 134 Å². The van der Waals surface area contributed by atoms with Gasteiger partial charge in [-0.25, -0.2) is 0 Å². The number of amides is 1. The van der Waals surface area contributed by atoms with Crippen molar-refractivity contribution in [3.63, 3.8) is 0 Å². The quantitative estimate of drug-likeness (QED) is 0.807. The zero-order chi connectivity index (χ0) is 12.4. The highest BCUT2D eigenvalue weighted by Crippen LogP contribution is 2.27. The maximum atomic E-state index is 11.8. The van der Waals surface area contributed by atoms with E-state index in [1.165, 1.54) is 38.8 Å². The van der Waals surface area contributed by atoms with E-state index in [1.54, 1.807) is 0 Å². The fourth-order valence-electron chi connectivity index (χ4n) is 3.35. The van der Waals surface area contributed by atoms with Crippen LogP contribution in [0.15, 0.2) is 0 Å². The SMILES string of the molecule is Cl.Cl.O=C(CNCC1CC1)NC1CCN2CCCC2C1. The summed E-state index contributed by atoms with van der Waals surface area (Å²) in [6.45, 7) is 3.97. The molecule has 2 unspecified atom stereocenters. The molecule has 1 aliphatic carbocycles. The maximum Gasteiger partial charge on any atom is 0.234 e. The van der Waals surface area contributed by atoms with Crippen molar-refractivity contribution in [2.24, 2.45) is 5.92 Å². The minimum atomic E-state index is 0. The number of hydrogen-bond acceptors (Lipinski definition) is 3. The lowest BCUT2D eigenvalue weighted by Crippen LogP contribution is -2.49. The summed E-state index contributed by atoms with van der Waals surface area (Å²) in [6, 6.07) is 1.16. The number of carbonyl (C=O) groups excluding carboxylic acids is 1. The first-order valence-corrected chi connectivity index (χ1v) is 7.55. The van der Waals surface area contributed by atoms with Gasteiger partial charge in [-0.3, -0.25) is 4.79 Å². The number of halogens is 2. The number of fused-ring (bicyclic) bond motifs is 1. The molecule has 1 amide bonds. The summed E-state index contributed by atoms with van der Waals surface area (Å²) in [5.74, 6) is 1.03. The van der Waals surface area contributed by atoms with Crippen molar-refractivity contribution >= 4 is 30.7 Å². The first-order chi connectivity index (χ1) is 8.81. The second kappa shape index (κ2) is 8.42. The van der Waals surface area contributed by atoms with Gasteiger partial charge in [0.05, 0.1) is 6.54 Å². The Balaban J connectivity index is 0.000001000. The Morgan fingerprint density at radius 1 is 1.10 bits per heavy atom. The molecule has 0 aromatic rings. The van der Waals surface area contributed by atoms with E-state index < -0.39 is 0 Å². The number of carbonyl (C=O) groups is 1. The summed E-state index contributed by atoms with van der Waals surface area (Å²) in [7, 11) is 0. The summed E-state index contributed by atoms with van der Waals surface area (Å²) >= 11 is 0. The smallest absolute Gasteiger partial charge is 0.234 e. The largest absolute Gasteiger partial charge is 0.352 e. The second-order valence-electron chi connectivity index (χ2n) is 6.20. The summed E-state index contributed by atoms with van der Waals surface area (Å²) in [6.07, 6.45) is 7.64. The van der Waals surface area contributed by atoms with Gasteiger partial charge in [0, 0.05) is 18.6 Å². The first-order valence-electron chi connectivity index (χ1n) is 7.55. The molecule has 3 aliphatic rings. The standard InChI is InChI=1S/C14H25N3O.2ClH/c18-14(10-15-9-11-3-4-11)16-12-5-7-17-6-1-2-13(17)8-12;;/h11-13,15H,1-10H2,(H,16,18);2*1H. The molecule has 2 atom stereocenters. The lowest BCUT2D eigenvalue weighted by molar-refractivity contribution is -0.121. The third kappa shape index (κ3) is 5.06. The Kier molecular flexibility index (Phi) is 7.59. The van der Waals surface area contributed by atoms with Crippen LogP contribution >= 0.6 is 24.8 Å². The Morgan fingerprint density at radius 2 is 1.90 bits per heavy atom. The van der Waals surface area contributed by atoms with Crippen LogP contribution in [-0.2, 0) is 4.79 Å². The zero-order valence-corrected chi connectivity index (χ0v) is 13.6. The van der Waals surface area contributed by atoms with Crippen LogP contribution in [0.25, 0.3) is 0 Å². The highest BCUT2D eigenvalue weighted by Gasteiger charge is 2.32. The van der Waals surface area contributed by atoms with Crippen LogP contribution < -0.4 is 10.6 Å². The van der Waals surface area contributed by atoms with E-state index in [-0.39, 0.29) is 30.7 Å². The second-order valence-corrected chi connectivity index (χ2v) is 6.20. The van der Waals surface area contributed by atoms with Crippen molar-refractivity contribution < 1.29 is 4.79 Å². The summed E-state index contributed by atoms with van der Waals surface area (Å²) in [5, 5.41) is 6.46. The highest BCUT2D eigenvalue weighted by atomic mass is 35.5. The van der Waals surface area contributed by atoms with E-state index in [4.69, 9.17) is 0 Å². The third-order valence-electron chi connectivity index (χ3n) is 4.60. The summed E-state index contributed by atoms with van der Waals surface area (Å²) < 4.78 is 0. The molecule has 0 radical (unpaired) electrons. The Bertz CT molecular complexity index is 313. The fraction of sp³-hybridized carbons (Fsp3) is 0.929. The predicted octanol–water partition coefficient (Wildman–Crippen LogP) is 1.57. The van der Waals surface area contributed by atoms with Crippen LogP contribution in [0.2, 0.25) is 0 Å². The van der Waals surface area contributed by atoms with Crippen LogP contribution in [-0.4, -0.2) is 49.1 Å². The van der Waals surface area contributed by atoms with E-state index in [2.05, 4.69) is 15.5 Å². The average Bonchev–Trinajstić information content (AvgIpc) is 3.06. The van der Waals surface area contributed by atoms with Gasteiger partial charge in [0.15, 0.2) is 0 Å². The molecule has 0 bridgehead atoms. The van der Waals surface area contributed by atoms with Gasteiger partial charge in [-0.15, -0.1) is 24.8 Å². The van der Waals surface area contributed by atoms with Crippen molar-refractivity contribution in [2.45, 2.75) is 50.6 Å². The van der Waals surface area contributed by atoms with Crippen LogP contribution in [0.5, 0.6) is 0 Å². The van der Waals surface area contributed by atoms with Gasteiger partial charge in [-0.2, -0.15) is 0 Å². The van der Waals surface area contributed by atoms with Gasteiger partial charge < -0.3 is 15.5 Å². The average molecular weight is 324 g/mol. The van der Waals surface area contributed by atoms with E-state index in [1.807, 2.05) is 0 Å². The van der Waals surface area contributed by atoms with Crippen LogP contribution in [0.4, 0.5) is 0 Å². The Morgan fingerprint density at radius 3 is 2.65 bits per heavy atom. The molecule has 0 aromatic heterocycles. The minimum Gasteiger partial charge on any atom is -0.352 e. The molecule has 3 fully saturated rings. The molecular formula is C14H27Cl2N3O. The van der Waals surface area contributed by atoms with E-state index >= 15 is 0 Å². The van der Waals surface area contributed by atoms with Gasteiger partial charge in [-0.1, -0.05) is 0 Å². The lowest BCUT2D eigenvalue weighted by Gasteiger charge is -2.35. The fourth-order valence-corrected chi connectivity index (χ4v) is 3.35. The molecule has 0 spiro atoms. The monoisotopic (exact) mass is 323 g/mol. The minimum absolute atomic E-state index is 0. The van der Waals surface area contributed by atoms with Crippen LogP contribution in [0, 0.1) is 5.92 Å². The topological polar surface area (TPSA) is 44.4 Å². The first kappa shape index (κ1) is 18.0. The normalized spacial score (nSPS) is 29.0. The number of piperidine rings is 1. The molecule has 2 saturated heterocycles. The van der Waals surface area contributed by atoms with Crippen molar-refractivity contribution in [1.82, 2.24) is 15.5 Å². The molecule has 3 rings (SSSR count). The molecule has 2 N–H and O–H groups in total. The van der Waals surface area contributed by atoms with Crippen LogP contribution in [0.3, 0.4) is 0 Å². The number of nitrogens with zero attached hydrogens (tertiary/aromatic N) is 1. The van der Waals surface area contributed by atoms with E-state index in [0.717, 1.165) is 31.3 Å². The van der Waals surface area contributed by atoms with Gasteiger partial charge in [0.2, 0.25) is 5.91 Å². The molecular weight excluding hydrogens is 297 g/mol. The molecule has 118 valence electrons. The van der Waals surface area contributed by atoms with Crippen molar-refractivity contribution in [1.29, 1.82) is 0 Å². The molecule has 2 heterocycles. The van der Waals surface area contributed by atoms with E-state index in [9.17, 15) is 4.79 Å². The van der Waals surface area contributed by atoms with Gasteiger partial charge >= 0.3 is 0 Å². The van der Waals surface area contributed by atoms with Gasteiger partial charge in [0.25, 0.3) is 0 Å². The molecule has 1 saturated carbocycles. The van der Waals surface area contributed by atoms with Gasteiger partial charge in [-0.05, 0) is 57.5 Å². The molecule has 20 heavy (non-hydrogen) atoms. The summed E-state index contributed by atoms with van der Waals surface area (Å²) in [4.78, 5) is 14.4. The number of hydrogen-bond donors (Lipinski definition) is 2. The molecule has 4 nitrogen and oxygen atoms in total. The number of rotatable bonds is 5. The van der Waals surface area contributed by atoms with Crippen LogP contribution in [0.1, 0.15) is 38.5 Å². The summed E-state index contributed by atoms with van der Waals surface area (Å²) in [5.41, 5.74) is 0. The van der Waals surface area contributed by atoms with Crippen molar-refractivity contribution in [2.75, 3.05) is 26.2 Å². The molecule has 6 heteroatoms. The predicted molar refractivity (Wildman–Crippen MR) is 85.8 cm³/mol. The zero-order valence-electron chi connectivity index (χ0n) is 12.0. The Hall–Kier alpha value is -0.0300. The van der Waals surface area contributed by atoms with Crippen molar-refractivity contribution in [3.05, 3.63) is 0 Å². The van der Waals surface area contributed by atoms with Crippen molar-refractivity contribution in [3.8, 4) is 0 Å². The molecule has 2 aliphatic heterocycles.